The second-order valence-corrected chi connectivity index (χ2v) is 5.53. The monoisotopic (exact) mass is 266 g/mol. The van der Waals surface area contributed by atoms with Crippen molar-refractivity contribution < 1.29 is 4.79 Å². The predicted octanol–water partition coefficient (Wildman–Crippen LogP) is 2.29. The van der Waals surface area contributed by atoms with Crippen molar-refractivity contribution in [2.24, 2.45) is 5.73 Å². The molecule has 3 nitrogen and oxygen atoms in total. The standard InChI is InChI=1S/C14H22N2OS/c1-10(2)11-4-6-12(7-5-11)13(15)8-16-14(17)9-18-3/h4-7,10,13H,8-9,15H2,1-3H3,(H,16,17). The fourth-order valence-corrected chi connectivity index (χ4v) is 2.02. The number of carbonyl (C=O) groups is 1. The molecule has 0 saturated heterocycles. The quantitative estimate of drug-likeness (QED) is 0.830. The van der Waals surface area contributed by atoms with E-state index in [1.807, 2.05) is 18.4 Å². The summed E-state index contributed by atoms with van der Waals surface area (Å²) < 4.78 is 0. The Morgan fingerprint density at radius 1 is 1.28 bits per heavy atom. The molecule has 4 heteroatoms. The Morgan fingerprint density at radius 3 is 2.33 bits per heavy atom. The highest BCUT2D eigenvalue weighted by molar-refractivity contribution is 7.99. The first-order valence-electron chi connectivity index (χ1n) is 6.15. The maximum Gasteiger partial charge on any atom is 0.230 e. The lowest BCUT2D eigenvalue weighted by Crippen LogP contribution is -2.32. The van der Waals surface area contributed by atoms with Gasteiger partial charge in [0.1, 0.15) is 0 Å². The van der Waals surface area contributed by atoms with Crippen LogP contribution in [0.15, 0.2) is 24.3 Å². The summed E-state index contributed by atoms with van der Waals surface area (Å²) in [7, 11) is 0. The molecule has 0 spiro atoms. The Hall–Kier alpha value is -1.00. The number of hydrogen-bond acceptors (Lipinski definition) is 3. The largest absolute Gasteiger partial charge is 0.353 e. The van der Waals surface area contributed by atoms with E-state index in [1.54, 1.807) is 0 Å². The molecule has 18 heavy (non-hydrogen) atoms. The highest BCUT2D eigenvalue weighted by Gasteiger charge is 2.08. The van der Waals surface area contributed by atoms with Crippen molar-refractivity contribution in [2.75, 3.05) is 18.6 Å². The highest BCUT2D eigenvalue weighted by Crippen LogP contribution is 2.17. The Labute approximate surface area is 114 Å². The first-order chi connectivity index (χ1) is 8.54. The summed E-state index contributed by atoms with van der Waals surface area (Å²) in [5.41, 5.74) is 8.41. The molecule has 100 valence electrons. The topological polar surface area (TPSA) is 55.1 Å². The van der Waals surface area contributed by atoms with E-state index in [4.69, 9.17) is 5.73 Å². The molecular weight excluding hydrogens is 244 g/mol. The summed E-state index contributed by atoms with van der Waals surface area (Å²) in [5, 5.41) is 2.83. The van der Waals surface area contributed by atoms with E-state index in [0.717, 1.165) is 5.56 Å². The van der Waals surface area contributed by atoms with Crippen LogP contribution in [0.4, 0.5) is 0 Å². The van der Waals surface area contributed by atoms with Gasteiger partial charge in [0, 0.05) is 12.6 Å². The van der Waals surface area contributed by atoms with Crippen LogP contribution in [0.25, 0.3) is 0 Å². The molecule has 0 heterocycles. The number of amides is 1. The smallest absolute Gasteiger partial charge is 0.230 e. The van der Waals surface area contributed by atoms with Gasteiger partial charge >= 0.3 is 0 Å². The molecular formula is C14H22N2OS. The fourth-order valence-electron chi connectivity index (χ4n) is 1.65. The average Bonchev–Trinajstić information content (AvgIpc) is 2.36. The van der Waals surface area contributed by atoms with Crippen LogP contribution < -0.4 is 11.1 Å². The van der Waals surface area contributed by atoms with Crippen LogP contribution in [0.3, 0.4) is 0 Å². The Kier molecular flexibility index (Phi) is 6.22. The molecule has 1 aromatic carbocycles. The van der Waals surface area contributed by atoms with Gasteiger partial charge in [0.2, 0.25) is 5.91 Å². The SMILES string of the molecule is CSCC(=O)NCC(N)c1ccc(C(C)C)cc1. The van der Waals surface area contributed by atoms with Crippen molar-refractivity contribution in [3.8, 4) is 0 Å². The summed E-state index contributed by atoms with van der Waals surface area (Å²) in [6.07, 6.45) is 1.91. The van der Waals surface area contributed by atoms with E-state index in [1.165, 1.54) is 17.3 Å². The van der Waals surface area contributed by atoms with Gasteiger partial charge in [-0.15, -0.1) is 0 Å². The molecule has 1 rings (SSSR count). The van der Waals surface area contributed by atoms with Gasteiger partial charge in [-0.25, -0.2) is 0 Å². The summed E-state index contributed by atoms with van der Waals surface area (Å²) in [4.78, 5) is 11.3. The summed E-state index contributed by atoms with van der Waals surface area (Å²) in [6.45, 7) is 4.82. The van der Waals surface area contributed by atoms with Crippen LogP contribution in [0, 0.1) is 0 Å². The molecule has 0 bridgehead atoms. The van der Waals surface area contributed by atoms with E-state index in [9.17, 15) is 4.79 Å². The van der Waals surface area contributed by atoms with E-state index in [0.29, 0.717) is 18.2 Å². The van der Waals surface area contributed by atoms with Crippen molar-refractivity contribution >= 4 is 17.7 Å². The van der Waals surface area contributed by atoms with Crippen LogP contribution in [-0.4, -0.2) is 24.5 Å². The van der Waals surface area contributed by atoms with E-state index in [2.05, 4.69) is 31.3 Å². The van der Waals surface area contributed by atoms with Crippen molar-refractivity contribution in [1.29, 1.82) is 0 Å². The molecule has 0 aliphatic heterocycles. The number of benzene rings is 1. The second kappa shape index (κ2) is 7.44. The Bertz CT molecular complexity index is 376. The third-order valence-electron chi connectivity index (χ3n) is 2.83. The van der Waals surface area contributed by atoms with E-state index >= 15 is 0 Å². The summed E-state index contributed by atoms with van der Waals surface area (Å²) in [5.74, 6) is 1.05. The molecule has 0 fully saturated rings. The van der Waals surface area contributed by atoms with Gasteiger partial charge < -0.3 is 11.1 Å². The number of carbonyl (C=O) groups excluding carboxylic acids is 1. The van der Waals surface area contributed by atoms with Crippen LogP contribution in [0.1, 0.15) is 36.9 Å². The van der Waals surface area contributed by atoms with Gasteiger partial charge in [0.05, 0.1) is 5.75 Å². The number of rotatable bonds is 6. The van der Waals surface area contributed by atoms with Crippen molar-refractivity contribution in [3.05, 3.63) is 35.4 Å². The van der Waals surface area contributed by atoms with Crippen LogP contribution in [-0.2, 0) is 4.79 Å². The average molecular weight is 266 g/mol. The van der Waals surface area contributed by atoms with Crippen LogP contribution >= 0.6 is 11.8 Å². The molecule has 0 aliphatic carbocycles. The first-order valence-corrected chi connectivity index (χ1v) is 7.55. The molecule has 0 saturated carbocycles. The minimum atomic E-state index is -0.142. The fraction of sp³-hybridized carbons (Fsp3) is 0.500. The van der Waals surface area contributed by atoms with Crippen molar-refractivity contribution in [3.63, 3.8) is 0 Å². The molecule has 0 aromatic heterocycles. The zero-order chi connectivity index (χ0) is 13.5. The van der Waals surface area contributed by atoms with Crippen molar-refractivity contribution in [1.82, 2.24) is 5.32 Å². The zero-order valence-electron chi connectivity index (χ0n) is 11.3. The predicted molar refractivity (Wildman–Crippen MR) is 78.9 cm³/mol. The Balaban J connectivity index is 2.51. The molecule has 1 unspecified atom stereocenters. The third-order valence-corrected chi connectivity index (χ3v) is 3.38. The second-order valence-electron chi connectivity index (χ2n) is 4.66. The van der Waals surface area contributed by atoms with Gasteiger partial charge in [-0.05, 0) is 23.3 Å². The van der Waals surface area contributed by atoms with E-state index < -0.39 is 0 Å². The molecule has 3 N–H and O–H groups in total. The molecule has 1 amide bonds. The number of hydrogen-bond donors (Lipinski definition) is 2. The van der Waals surface area contributed by atoms with Crippen LogP contribution in [0.2, 0.25) is 0 Å². The van der Waals surface area contributed by atoms with Gasteiger partial charge in [0.15, 0.2) is 0 Å². The molecule has 1 aromatic rings. The van der Waals surface area contributed by atoms with Crippen LogP contribution in [0.5, 0.6) is 0 Å². The van der Waals surface area contributed by atoms with Crippen molar-refractivity contribution in [2.45, 2.75) is 25.8 Å². The molecule has 0 radical (unpaired) electrons. The molecule has 1 atom stereocenters. The lowest BCUT2D eigenvalue weighted by Gasteiger charge is -2.14. The number of nitrogens with two attached hydrogens (primary N) is 1. The van der Waals surface area contributed by atoms with Gasteiger partial charge in [-0.2, -0.15) is 11.8 Å². The summed E-state index contributed by atoms with van der Waals surface area (Å²) in [6, 6.07) is 8.14. The van der Waals surface area contributed by atoms with Gasteiger partial charge in [-0.3, -0.25) is 4.79 Å². The number of thioether (sulfide) groups is 1. The lowest BCUT2D eigenvalue weighted by atomic mass is 9.99. The summed E-state index contributed by atoms with van der Waals surface area (Å²) >= 11 is 1.51. The lowest BCUT2D eigenvalue weighted by molar-refractivity contribution is -0.118. The molecule has 0 aliphatic rings. The third kappa shape index (κ3) is 4.70. The minimum absolute atomic E-state index is 0.0387. The van der Waals surface area contributed by atoms with Gasteiger partial charge in [0.25, 0.3) is 0 Å². The minimum Gasteiger partial charge on any atom is -0.353 e. The highest BCUT2D eigenvalue weighted by atomic mass is 32.2. The number of nitrogens with one attached hydrogen (secondary N) is 1. The maximum atomic E-state index is 11.3. The Morgan fingerprint density at radius 2 is 1.83 bits per heavy atom. The van der Waals surface area contributed by atoms with Gasteiger partial charge in [-0.1, -0.05) is 38.1 Å². The normalized spacial score (nSPS) is 12.5. The first kappa shape index (κ1) is 15.1. The maximum absolute atomic E-state index is 11.3. The zero-order valence-corrected chi connectivity index (χ0v) is 12.1. The van der Waals surface area contributed by atoms with E-state index in [-0.39, 0.29) is 11.9 Å².